The van der Waals surface area contributed by atoms with E-state index in [2.05, 4.69) is 139 Å². The first-order valence-electron chi connectivity index (χ1n) is 21.9. The molecule has 7 nitrogen and oxygen atoms in total. The van der Waals surface area contributed by atoms with Gasteiger partial charge in [0.1, 0.15) is 19.2 Å². The minimum Gasteiger partial charge on any atom is -0.455 e. The van der Waals surface area contributed by atoms with Crippen LogP contribution in [0.5, 0.6) is 0 Å². The number of benzene rings is 8. The number of rotatable bonds is 6. The maximum atomic E-state index is 6.53. The molecule has 0 radical (unpaired) electrons. The molecule has 0 saturated carbocycles. The Morgan fingerprint density at radius 1 is 0.400 bits per heavy atom. The lowest BCUT2D eigenvalue weighted by molar-refractivity contribution is 0.670. The van der Waals surface area contributed by atoms with Crippen LogP contribution < -0.4 is 10.4 Å². The number of hydrogen-bond acceptors (Lipinski definition) is 6. The van der Waals surface area contributed by atoms with Gasteiger partial charge in [0.15, 0.2) is 17.5 Å². The second-order valence-electron chi connectivity index (χ2n) is 17.3. The fraction of sp³-hybridized carbons (Fsp3) is 0.0351. The topological polar surface area (TPSA) is 82.5 Å². The minimum atomic E-state index is -2.23. The number of nitrogens with zero attached hydrogens (tertiary/aromatic N) is 6. The Bertz CT molecular complexity index is 3820. The van der Waals surface area contributed by atoms with Crippen molar-refractivity contribution in [1.29, 1.82) is 0 Å². The Morgan fingerprint density at radius 3 is 1.78 bits per heavy atom. The molecular formula is C57H38N6OSi. The standard InChI is InChI=1S/C57H38N6OSi/c1-65(2)49-30-14-11-25-44(49)51-53(65)50(38-22-15-21-37(33-38)40-26-16-27-43-42-24-10-13-29-48(42)64-52(40)43)58-56(59-51)39-31-32-47-45(34-39)41-23-9-12-28-46(41)63(47)57-61-54(35-17-5-3-6-18-35)60-55(62-57)36-19-7-4-8-20-36/h3-34H,1-2H3. The van der Waals surface area contributed by atoms with Gasteiger partial charge in [0, 0.05) is 49.4 Å². The second kappa shape index (κ2) is 14.4. The van der Waals surface area contributed by atoms with Gasteiger partial charge in [0.2, 0.25) is 5.95 Å². The molecule has 0 saturated heterocycles. The first-order valence-corrected chi connectivity index (χ1v) is 24.9. The fourth-order valence-electron chi connectivity index (χ4n) is 9.99. The zero-order valence-corrected chi connectivity index (χ0v) is 36.6. The van der Waals surface area contributed by atoms with E-state index >= 15 is 0 Å². The molecule has 0 aliphatic carbocycles. The molecule has 8 heteroatoms. The Hall–Kier alpha value is -8.33. The van der Waals surface area contributed by atoms with Gasteiger partial charge < -0.3 is 4.42 Å². The third-order valence-corrected chi connectivity index (χ3v) is 16.6. The van der Waals surface area contributed by atoms with Crippen molar-refractivity contribution in [3.63, 3.8) is 0 Å². The van der Waals surface area contributed by atoms with Crippen LogP contribution in [0.3, 0.4) is 0 Å². The van der Waals surface area contributed by atoms with Gasteiger partial charge in [-0.25, -0.2) is 15.0 Å². The van der Waals surface area contributed by atoms with E-state index in [9.17, 15) is 0 Å². The third kappa shape index (κ3) is 5.84. The highest BCUT2D eigenvalue weighted by Gasteiger charge is 2.41. The maximum absolute atomic E-state index is 6.53. The molecule has 0 spiro atoms. The van der Waals surface area contributed by atoms with E-state index in [1.54, 1.807) is 0 Å². The SMILES string of the molecule is C[Si]1(C)c2ccccc2-c2nc(-c3ccc4c(c3)c3ccccc3n4-c3nc(-c4ccccc4)nc(-c4ccccc4)n3)nc(-c3cccc(-c4cccc5c4oc4ccccc45)c3)c21. The van der Waals surface area contributed by atoms with Gasteiger partial charge in [0.05, 0.1) is 22.4 Å². The Morgan fingerprint density at radius 2 is 0.985 bits per heavy atom. The van der Waals surface area contributed by atoms with Crippen LogP contribution in [0, 0.1) is 0 Å². The van der Waals surface area contributed by atoms with Gasteiger partial charge >= 0.3 is 0 Å². The summed E-state index contributed by atoms with van der Waals surface area (Å²) in [6.07, 6.45) is 0. The van der Waals surface area contributed by atoms with Crippen molar-refractivity contribution in [2.45, 2.75) is 13.1 Å². The predicted molar refractivity (Wildman–Crippen MR) is 266 cm³/mol. The average Bonchev–Trinajstić information content (AvgIpc) is 3.99. The highest BCUT2D eigenvalue weighted by Crippen LogP contribution is 2.40. The second-order valence-corrected chi connectivity index (χ2v) is 21.5. The summed E-state index contributed by atoms with van der Waals surface area (Å²) in [6, 6.07) is 67.5. The number of aromatic nitrogens is 6. The van der Waals surface area contributed by atoms with Gasteiger partial charge in [-0.05, 0) is 57.9 Å². The molecule has 5 heterocycles. The number of furan rings is 1. The summed E-state index contributed by atoms with van der Waals surface area (Å²) < 4.78 is 8.68. The molecule has 8 aromatic carbocycles. The van der Waals surface area contributed by atoms with E-state index in [0.717, 1.165) is 88.5 Å². The van der Waals surface area contributed by atoms with E-state index < -0.39 is 8.07 Å². The van der Waals surface area contributed by atoms with Crippen LogP contribution >= 0.6 is 0 Å². The van der Waals surface area contributed by atoms with Crippen molar-refractivity contribution in [1.82, 2.24) is 29.5 Å². The summed E-state index contributed by atoms with van der Waals surface area (Å²) in [4.78, 5) is 26.4. The van der Waals surface area contributed by atoms with Crippen LogP contribution in [0.4, 0.5) is 0 Å². The number of hydrogen-bond donors (Lipinski definition) is 0. The molecule has 0 bridgehead atoms. The highest BCUT2D eigenvalue weighted by molar-refractivity contribution is 7.04. The Balaban J connectivity index is 1.01. The zero-order chi connectivity index (χ0) is 43.2. The summed E-state index contributed by atoms with van der Waals surface area (Å²) in [5.41, 5.74) is 12.9. The molecule has 4 aromatic heterocycles. The van der Waals surface area contributed by atoms with E-state index in [4.69, 9.17) is 29.3 Å². The van der Waals surface area contributed by atoms with Crippen LogP contribution in [0.2, 0.25) is 13.1 Å². The van der Waals surface area contributed by atoms with Crippen LogP contribution in [-0.4, -0.2) is 37.6 Å². The molecule has 0 unspecified atom stereocenters. The zero-order valence-electron chi connectivity index (χ0n) is 35.6. The van der Waals surface area contributed by atoms with Gasteiger partial charge in [0.25, 0.3) is 0 Å². The van der Waals surface area contributed by atoms with Crippen molar-refractivity contribution < 1.29 is 4.42 Å². The molecule has 0 N–H and O–H groups in total. The summed E-state index contributed by atoms with van der Waals surface area (Å²) in [6.45, 7) is 4.86. The van der Waals surface area contributed by atoms with Gasteiger partial charge in [-0.1, -0.05) is 171 Å². The first-order chi connectivity index (χ1) is 32.0. The number of para-hydroxylation sites is 3. The van der Waals surface area contributed by atoms with E-state index in [0.29, 0.717) is 23.4 Å². The lowest BCUT2D eigenvalue weighted by Crippen LogP contribution is -2.50. The minimum absolute atomic E-state index is 0.551. The van der Waals surface area contributed by atoms with E-state index in [-0.39, 0.29) is 0 Å². The lowest BCUT2D eigenvalue weighted by Gasteiger charge is -2.22. The average molecular weight is 851 g/mol. The van der Waals surface area contributed by atoms with E-state index in [1.807, 2.05) is 72.8 Å². The Labute approximate surface area is 375 Å². The molecule has 1 aliphatic rings. The molecular weight excluding hydrogens is 813 g/mol. The molecule has 0 amide bonds. The monoisotopic (exact) mass is 850 g/mol. The molecule has 0 fully saturated rings. The van der Waals surface area contributed by atoms with E-state index in [1.165, 1.54) is 15.9 Å². The summed E-state index contributed by atoms with van der Waals surface area (Å²) in [5, 5.41) is 7.01. The first kappa shape index (κ1) is 37.2. The van der Waals surface area contributed by atoms with Crippen LogP contribution in [0.25, 0.3) is 117 Å². The normalized spacial score (nSPS) is 12.9. The quantitative estimate of drug-likeness (QED) is 0.155. The van der Waals surface area contributed by atoms with Crippen molar-refractivity contribution in [3.05, 3.63) is 194 Å². The molecule has 1 aliphatic heterocycles. The van der Waals surface area contributed by atoms with Crippen molar-refractivity contribution in [2.24, 2.45) is 0 Å². The van der Waals surface area contributed by atoms with Gasteiger partial charge in [-0.15, -0.1) is 0 Å². The molecule has 0 atom stereocenters. The molecule has 12 aromatic rings. The van der Waals surface area contributed by atoms with Crippen molar-refractivity contribution in [3.8, 4) is 73.8 Å². The molecule has 13 rings (SSSR count). The lowest BCUT2D eigenvalue weighted by atomic mass is 9.98. The molecule has 65 heavy (non-hydrogen) atoms. The largest absolute Gasteiger partial charge is 0.455 e. The van der Waals surface area contributed by atoms with Gasteiger partial charge in [-0.2, -0.15) is 9.97 Å². The Kier molecular flexibility index (Phi) is 8.22. The molecule has 306 valence electrons. The van der Waals surface area contributed by atoms with Crippen molar-refractivity contribution in [2.75, 3.05) is 0 Å². The van der Waals surface area contributed by atoms with Gasteiger partial charge in [-0.3, -0.25) is 4.57 Å². The highest BCUT2D eigenvalue weighted by atomic mass is 28.3. The summed E-state index contributed by atoms with van der Waals surface area (Å²) in [5.74, 6) is 2.46. The summed E-state index contributed by atoms with van der Waals surface area (Å²) in [7, 11) is -2.23. The van der Waals surface area contributed by atoms with Crippen molar-refractivity contribution >= 4 is 62.2 Å². The van der Waals surface area contributed by atoms with Crippen LogP contribution in [-0.2, 0) is 0 Å². The smallest absolute Gasteiger partial charge is 0.238 e. The predicted octanol–water partition coefficient (Wildman–Crippen LogP) is 12.8. The fourth-order valence-corrected chi connectivity index (χ4v) is 13.2. The summed E-state index contributed by atoms with van der Waals surface area (Å²) >= 11 is 0. The number of fused-ring (bicyclic) bond motifs is 9. The third-order valence-electron chi connectivity index (χ3n) is 13.1. The van der Waals surface area contributed by atoms with Crippen LogP contribution in [0.15, 0.2) is 199 Å². The van der Waals surface area contributed by atoms with Crippen LogP contribution in [0.1, 0.15) is 0 Å². The maximum Gasteiger partial charge on any atom is 0.238 e.